The number of likely N-dealkylation sites (tertiary alicyclic amines) is 1. The Morgan fingerprint density at radius 1 is 1.26 bits per heavy atom. The molecule has 0 bridgehead atoms. The van der Waals surface area contributed by atoms with Crippen molar-refractivity contribution in [2.45, 2.75) is 19.4 Å². The summed E-state index contributed by atoms with van der Waals surface area (Å²) >= 11 is 0. The summed E-state index contributed by atoms with van der Waals surface area (Å²) in [6, 6.07) is 9.13. The van der Waals surface area contributed by atoms with Crippen molar-refractivity contribution in [3.8, 4) is 0 Å². The number of benzene rings is 1. The fourth-order valence-electron chi connectivity index (χ4n) is 2.66. The number of fused-ring (bicyclic) bond motifs is 1. The van der Waals surface area contributed by atoms with Crippen LogP contribution in [-0.2, 0) is 6.54 Å². The average Bonchev–Trinajstić information content (AvgIpc) is 2.90. The van der Waals surface area contributed by atoms with Gasteiger partial charge >= 0.3 is 5.97 Å². The van der Waals surface area contributed by atoms with Crippen LogP contribution in [0, 0.1) is 0 Å². The predicted molar refractivity (Wildman–Crippen MR) is 73.2 cm³/mol. The molecule has 1 aliphatic heterocycles. The molecule has 1 aromatic carbocycles. The van der Waals surface area contributed by atoms with Crippen molar-refractivity contribution in [3.63, 3.8) is 0 Å². The summed E-state index contributed by atoms with van der Waals surface area (Å²) in [6.07, 6.45) is 2.44. The van der Waals surface area contributed by atoms with Crippen molar-refractivity contribution >= 4 is 16.9 Å². The highest BCUT2D eigenvalue weighted by molar-refractivity contribution is 6.02. The number of carboxylic acid groups (broad SMARTS) is 1. The van der Waals surface area contributed by atoms with Gasteiger partial charge in [-0.15, -0.1) is 0 Å². The van der Waals surface area contributed by atoms with Gasteiger partial charge in [-0.2, -0.15) is 0 Å². The third kappa shape index (κ3) is 2.44. The van der Waals surface area contributed by atoms with E-state index in [0.29, 0.717) is 10.9 Å². The number of aromatic carboxylic acids is 1. The second-order valence-electron chi connectivity index (χ2n) is 4.97. The molecular formula is C15H16N2O2. The zero-order chi connectivity index (χ0) is 13.2. The van der Waals surface area contributed by atoms with Crippen molar-refractivity contribution in [1.29, 1.82) is 0 Å². The molecule has 1 fully saturated rings. The largest absolute Gasteiger partial charge is 0.478 e. The second kappa shape index (κ2) is 4.97. The minimum absolute atomic E-state index is 0.347. The zero-order valence-electron chi connectivity index (χ0n) is 10.7. The van der Waals surface area contributed by atoms with Gasteiger partial charge in [-0.25, -0.2) is 4.79 Å². The lowest BCUT2D eigenvalue weighted by Gasteiger charge is -2.15. The highest BCUT2D eigenvalue weighted by Gasteiger charge is 2.15. The van der Waals surface area contributed by atoms with Crippen LogP contribution < -0.4 is 0 Å². The third-order valence-electron chi connectivity index (χ3n) is 3.58. The molecule has 2 heterocycles. The molecule has 3 rings (SSSR count). The molecule has 0 atom stereocenters. The van der Waals surface area contributed by atoms with Gasteiger partial charge < -0.3 is 5.11 Å². The Balaban J connectivity index is 2.02. The molecule has 0 spiro atoms. The average molecular weight is 256 g/mol. The van der Waals surface area contributed by atoms with Crippen LogP contribution in [0.15, 0.2) is 30.3 Å². The van der Waals surface area contributed by atoms with Crippen LogP contribution in [0.5, 0.6) is 0 Å². The number of carboxylic acids is 1. The maximum atomic E-state index is 11.4. The molecule has 0 unspecified atom stereocenters. The lowest BCUT2D eigenvalue weighted by Crippen LogP contribution is -2.19. The number of rotatable bonds is 3. The number of hydrogen-bond donors (Lipinski definition) is 1. The van der Waals surface area contributed by atoms with Gasteiger partial charge in [-0.3, -0.25) is 9.88 Å². The summed E-state index contributed by atoms with van der Waals surface area (Å²) in [5.74, 6) is -0.888. The number of hydrogen-bond acceptors (Lipinski definition) is 3. The quantitative estimate of drug-likeness (QED) is 0.916. The summed E-state index contributed by atoms with van der Waals surface area (Å²) in [5, 5.41) is 10.0. The first-order valence-electron chi connectivity index (χ1n) is 6.58. The van der Waals surface area contributed by atoms with Crippen LogP contribution in [0.2, 0.25) is 0 Å². The molecule has 1 aromatic heterocycles. The van der Waals surface area contributed by atoms with E-state index in [1.807, 2.05) is 24.3 Å². The lowest BCUT2D eigenvalue weighted by molar-refractivity contribution is 0.0698. The Bertz CT molecular complexity index is 619. The SMILES string of the molecule is O=C(O)c1cc(CN2CCCC2)nc2ccccc12. The minimum Gasteiger partial charge on any atom is -0.478 e. The maximum Gasteiger partial charge on any atom is 0.336 e. The molecule has 98 valence electrons. The fraction of sp³-hybridized carbons (Fsp3) is 0.333. The smallest absolute Gasteiger partial charge is 0.336 e. The number of carbonyl (C=O) groups is 1. The van der Waals surface area contributed by atoms with E-state index >= 15 is 0 Å². The van der Waals surface area contributed by atoms with Crippen molar-refractivity contribution in [1.82, 2.24) is 9.88 Å². The predicted octanol–water partition coefficient (Wildman–Crippen LogP) is 2.53. The van der Waals surface area contributed by atoms with Gasteiger partial charge in [-0.1, -0.05) is 18.2 Å². The fourth-order valence-corrected chi connectivity index (χ4v) is 2.66. The Labute approximate surface area is 111 Å². The van der Waals surface area contributed by atoms with Crippen LogP contribution in [0.3, 0.4) is 0 Å². The van der Waals surface area contributed by atoms with Crippen molar-refractivity contribution in [3.05, 3.63) is 41.6 Å². The van der Waals surface area contributed by atoms with Crippen LogP contribution >= 0.6 is 0 Å². The second-order valence-corrected chi connectivity index (χ2v) is 4.97. The van der Waals surface area contributed by atoms with E-state index in [4.69, 9.17) is 0 Å². The number of para-hydroxylation sites is 1. The van der Waals surface area contributed by atoms with Gasteiger partial charge in [0.1, 0.15) is 0 Å². The minimum atomic E-state index is -0.888. The van der Waals surface area contributed by atoms with Crippen LogP contribution in [0.4, 0.5) is 0 Å². The van der Waals surface area contributed by atoms with E-state index in [1.54, 1.807) is 6.07 Å². The number of nitrogens with zero attached hydrogens (tertiary/aromatic N) is 2. The molecule has 1 aliphatic rings. The highest BCUT2D eigenvalue weighted by atomic mass is 16.4. The van der Waals surface area contributed by atoms with Gasteiger partial charge in [0.25, 0.3) is 0 Å². The third-order valence-corrected chi connectivity index (χ3v) is 3.58. The molecule has 0 aliphatic carbocycles. The molecular weight excluding hydrogens is 240 g/mol. The summed E-state index contributed by atoms with van der Waals surface area (Å²) in [6.45, 7) is 2.90. The molecule has 0 amide bonds. The van der Waals surface area contributed by atoms with Gasteiger partial charge in [0, 0.05) is 11.9 Å². The van der Waals surface area contributed by atoms with E-state index in [2.05, 4.69) is 9.88 Å². The molecule has 1 N–H and O–H groups in total. The number of aromatic nitrogens is 1. The van der Waals surface area contributed by atoms with Crippen LogP contribution in [0.25, 0.3) is 10.9 Å². The Morgan fingerprint density at radius 2 is 2.00 bits per heavy atom. The molecule has 1 saturated heterocycles. The molecule has 0 saturated carbocycles. The lowest BCUT2D eigenvalue weighted by atomic mass is 10.1. The summed E-state index contributed by atoms with van der Waals surface area (Å²) in [7, 11) is 0. The zero-order valence-corrected chi connectivity index (χ0v) is 10.7. The van der Waals surface area contributed by atoms with Gasteiger partial charge in [0.2, 0.25) is 0 Å². The first-order chi connectivity index (χ1) is 9.24. The molecule has 19 heavy (non-hydrogen) atoms. The van der Waals surface area contributed by atoms with Crippen molar-refractivity contribution < 1.29 is 9.90 Å². The van der Waals surface area contributed by atoms with Crippen LogP contribution in [-0.4, -0.2) is 34.0 Å². The standard InChI is InChI=1S/C15H16N2O2/c18-15(19)13-9-11(10-17-7-3-4-8-17)16-14-6-2-1-5-12(13)14/h1-2,5-6,9H,3-4,7-8,10H2,(H,18,19). The van der Waals surface area contributed by atoms with Gasteiger partial charge in [0.15, 0.2) is 0 Å². The topological polar surface area (TPSA) is 53.4 Å². The molecule has 4 heteroatoms. The highest BCUT2D eigenvalue weighted by Crippen LogP contribution is 2.20. The summed E-state index contributed by atoms with van der Waals surface area (Å²) < 4.78 is 0. The Kier molecular flexibility index (Phi) is 3.17. The van der Waals surface area contributed by atoms with E-state index in [0.717, 1.165) is 30.8 Å². The Morgan fingerprint density at radius 3 is 2.74 bits per heavy atom. The van der Waals surface area contributed by atoms with E-state index in [-0.39, 0.29) is 0 Å². The van der Waals surface area contributed by atoms with E-state index < -0.39 is 5.97 Å². The van der Waals surface area contributed by atoms with E-state index in [9.17, 15) is 9.90 Å². The first-order valence-corrected chi connectivity index (χ1v) is 6.58. The van der Waals surface area contributed by atoms with E-state index in [1.165, 1.54) is 12.8 Å². The Hall–Kier alpha value is -1.94. The van der Waals surface area contributed by atoms with Crippen LogP contribution in [0.1, 0.15) is 28.9 Å². The van der Waals surface area contributed by atoms with Crippen molar-refractivity contribution in [2.24, 2.45) is 0 Å². The molecule has 2 aromatic rings. The van der Waals surface area contributed by atoms with Gasteiger partial charge in [0.05, 0.1) is 16.8 Å². The number of pyridine rings is 1. The first kappa shape index (κ1) is 12.1. The summed E-state index contributed by atoms with van der Waals surface area (Å²) in [4.78, 5) is 18.3. The normalized spacial score (nSPS) is 16.0. The summed E-state index contributed by atoms with van der Waals surface area (Å²) in [5.41, 5.74) is 1.95. The van der Waals surface area contributed by atoms with Gasteiger partial charge in [-0.05, 0) is 38.1 Å². The monoisotopic (exact) mass is 256 g/mol. The van der Waals surface area contributed by atoms with Crippen molar-refractivity contribution in [2.75, 3.05) is 13.1 Å². The molecule has 4 nitrogen and oxygen atoms in total. The molecule has 0 radical (unpaired) electrons. The maximum absolute atomic E-state index is 11.4.